The van der Waals surface area contributed by atoms with E-state index in [2.05, 4.69) is 5.32 Å². The van der Waals surface area contributed by atoms with Crippen LogP contribution in [0.3, 0.4) is 0 Å². The first kappa shape index (κ1) is 16.9. The first-order valence-corrected chi connectivity index (χ1v) is 6.72. The van der Waals surface area contributed by atoms with Crippen LogP contribution in [0.15, 0.2) is 18.2 Å². The highest BCUT2D eigenvalue weighted by Crippen LogP contribution is 2.28. The van der Waals surface area contributed by atoms with E-state index in [4.69, 9.17) is 16.7 Å². The standard InChI is InChI=1S/C13H15ClN2O5/c1-2-3-7-10(13(18)19)15-12(17)8-5-4-6-9(14)11(8)16(20)21/h4-6,10H,2-3,7H2,1H3,(H,15,17)(H,18,19). The van der Waals surface area contributed by atoms with Crippen molar-refractivity contribution in [2.24, 2.45) is 0 Å². The second-order valence-corrected chi connectivity index (χ2v) is 4.81. The third-order valence-electron chi connectivity index (χ3n) is 2.86. The highest BCUT2D eigenvalue weighted by Gasteiger charge is 2.27. The predicted octanol–water partition coefficient (Wildman–Crippen LogP) is 2.62. The number of nitrogens with zero attached hydrogens (tertiary/aromatic N) is 1. The Kier molecular flexibility index (Phi) is 6.10. The summed E-state index contributed by atoms with van der Waals surface area (Å²) in [5.74, 6) is -2.01. The number of halogens is 1. The second kappa shape index (κ2) is 7.58. The number of amides is 1. The third-order valence-corrected chi connectivity index (χ3v) is 3.17. The number of rotatable bonds is 7. The number of nitro benzene ring substituents is 1. The number of carbonyl (C=O) groups is 2. The molecule has 0 aliphatic rings. The molecular weight excluding hydrogens is 300 g/mol. The lowest BCUT2D eigenvalue weighted by Gasteiger charge is -2.14. The minimum atomic E-state index is -1.18. The molecule has 1 aromatic rings. The summed E-state index contributed by atoms with van der Waals surface area (Å²) >= 11 is 5.71. The quantitative estimate of drug-likeness (QED) is 0.594. The normalized spacial score (nSPS) is 11.7. The van der Waals surface area contributed by atoms with Gasteiger partial charge in [0.05, 0.1) is 4.92 Å². The highest BCUT2D eigenvalue weighted by molar-refractivity contribution is 6.33. The molecule has 0 heterocycles. The maximum Gasteiger partial charge on any atom is 0.326 e. The lowest BCUT2D eigenvalue weighted by molar-refractivity contribution is -0.385. The summed E-state index contributed by atoms with van der Waals surface area (Å²) in [7, 11) is 0. The van der Waals surface area contributed by atoms with E-state index in [0.717, 1.165) is 6.42 Å². The number of aliphatic carboxylic acids is 1. The first-order chi connectivity index (χ1) is 9.88. The number of unbranched alkanes of at least 4 members (excludes halogenated alkanes) is 1. The number of carbonyl (C=O) groups excluding carboxylic acids is 1. The van der Waals surface area contributed by atoms with Crippen molar-refractivity contribution in [3.63, 3.8) is 0 Å². The molecular formula is C13H15ClN2O5. The van der Waals surface area contributed by atoms with Crippen molar-refractivity contribution in [3.8, 4) is 0 Å². The average molecular weight is 315 g/mol. The van der Waals surface area contributed by atoms with Crippen LogP contribution in [0.2, 0.25) is 5.02 Å². The van der Waals surface area contributed by atoms with Crippen LogP contribution in [0.5, 0.6) is 0 Å². The van der Waals surface area contributed by atoms with Gasteiger partial charge in [-0.15, -0.1) is 0 Å². The molecule has 0 fully saturated rings. The largest absolute Gasteiger partial charge is 0.480 e. The fraction of sp³-hybridized carbons (Fsp3) is 0.385. The molecule has 0 aromatic heterocycles. The monoisotopic (exact) mass is 314 g/mol. The van der Waals surface area contributed by atoms with Gasteiger partial charge in [0.25, 0.3) is 5.91 Å². The molecule has 7 nitrogen and oxygen atoms in total. The molecule has 1 atom stereocenters. The number of carboxylic acids is 1. The van der Waals surface area contributed by atoms with Crippen molar-refractivity contribution in [3.05, 3.63) is 38.9 Å². The van der Waals surface area contributed by atoms with Crippen molar-refractivity contribution in [1.82, 2.24) is 5.32 Å². The lowest BCUT2D eigenvalue weighted by atomic mass is 10.1. The number of carboxylic acid groups (broad SMARTS) is 1. The minimum absolute atomic E-state index is 0.173. The molecule has 0 radical (unpaired) electrons. The SMILES string of the molecule is CCCCC(NC(=O)c1cccc(Cl)c1[N+](=O)[O-])C(=O)O. The molecule has 21 heavy (non-hydrogen) atoms. The van der Waals surface area contributed by atoms with Crippen LogP contribution in [-0.2, 0) is 4.79 Å². The van der Waals surface area contributed by atoms with Gasteiger partial charge in [0.2, 0.25) is 0 Å². The summed E-state index contributed by atoms with van der Waals surface area (Å²) in [6, 6.07) is 2.84. The molecule has 8 heteroatoms. The van der Waals surface area contributed by atoms with Crippen LogP contribution in [0.25, 0.3) is 0 Å². The second-order valence-electron chi connectivity index (χ2n) is 4.40. The molecule has 1 rings (SSSR count). The van der Waals surface area contributed by atoms with Crippen LogP contribution in [0, 0.1) is 10.1 Å². The van der Waals surface area contributed by atoms with E-state index in [1.165, 1.54) is 18.2 Å². The zero-order valence-corrected chi connectivity index (χ0v) is 12.1. The van der Waals surface area contributed by atoms with Crippen molar-refractivity contribution in [2.75, 3.05) is 0 Å². The fourth-order valence-corrected chi connectivity index (χ4v) is 2.03. The van der Waals surface area contributed by atoms with Gasteiger partial charge in [0, 0.05) is 0 Å². The van der Waals surface area contributed by atoms with Crippen LogP contribution in [0.4, 0.5) is 5.69 Å². The highest BCUT2D eigenvalue weighted by atomic mass is 35.5. The summed E-state index contributed by atoms with van der Waals surface area (Å²) in [4.78, 5) is 33.3. The zero-order valence-electron chi connectivity index (χ0n) is 11.3. The fourth-order valence-electron chi connectivity index (χ4n) is 1.79. The lowest BCUT2D eigenvalue weighted by Crippen LogP contribution is -2.40. The van der Waals surface area contributed by atoms with Gasteiger partial charge in [0.1, 0.15) is 16.6 Å². The van der Waals surface area contributed by atoms with E-state index in [0.29, 0.717) is 6.42 Å². The molecule has 114 valence electrons. The number of para-hydroxylation sites is 1. The van der Waals surface area contributed by atoms with Crippen molar-refractivity contribution >= 4 is 29.2 Å². The Morgan fingerprint density at radius 3 is 2.67 bits per heavy atom. The zero-order chi connectivity index (χ0) is 16.0. The summed E-state index contributed by atoms with van der Waals surface area (Å²) in [6.45, 7) is 1.89. The maximum atomic E-state index is 12.1. The van der Waals surface area contributed by atoms with E-state index >= 15 is 0 Å². The number of hydrogen-bond donors (Lipinski definition) is 2. The smallest absolute Gasteiger partial charge is 0.326 e. The van der Waals surface area contributed by atoms with Gasteiger partial charge in [-0.05, 0) is 18.6 Å². The Bertz CT molecular complexity index is 561. The molecule has 0 spiro atoms. The molecule has 0 saturated carbocycles. The Hall–Kier alpha value is -2.15. The van der Waals surface area contributed by atoms with Crippen LogP contribution < -0.4 is 5.32 Å². The first-order valence-electron chi connectivity index (χ1n) is 6.35. The number of nitro groups is 1. The van der Waals surface area contributed by atoms with Crippen molar-refractivity contribution < 1.29 is 19.6 Å². The van der Waals surface area contributed by atoms with E-state index in [9.17, 15) is 19.7 Å². The molecule has 0 bridgehead atoms. The van der Waals surface area contributed by atoms with E-state index in [1.54, 1.807) is 0 Å². The minimum Gasteiger partial charge on any atom is -0.480 e. The number of benzene rings is 1. The predicted molar refractivity (Wildman–Crippen MR) is 76.5 cm³/mol. The Morgan fingerprint density at radius 1 is 1.48 bits per heavy atom. The Balaban J connectivity index is 3.00. The topological polar surface area (TPSA) is 110 Å². The molecule has 0 aliphatic carbocycles. The summed E-state index contributed by atoms with van der Waals surface area (Å²) < 4.78 is 0. The summed E-state index contributed by atoms with van der Waals surface area (Å²) in [5, 5.41) is 22.1. The van der Waals surface area contributed by atoms with Gasteiger partial charge in [0.15, 0.2) is 0 Å². The summed E-state index contributed by atoms with van der Waals surface area (Å²) in [6.07, 6.45) is 1.65. The van der Waals surface area contributed by atoms with Crippen LogP contribution in [-0.4, -0.2) is 27.9 Å². The molecule has 0 aliphatic heterocycles. The Morgan fingerprint density at radius 2 is 2.14 bits per heavy atom. The molecule has 0 saturated heterocycles. The molecule has 2 N–H and O–H groups in total. The number of hydrogen-bond acceptors (Lipinski definition) is 4. The van der Waals surface area contributed by atoms with Crippen LogP contribution in [0.1, 0.15) is 36.5 Å². The van der Waals surface area contributed by atoms with Crippen LogP contribution >= 0.6 is 11.6 Å². The van der Waals surface area contributed by atoms with Crippen molar-refractivity contribution in [1.29, 1.82) is 0 Å². The Labute approximate surface area is 126 Å². The van der Waals surface area contributed by atoms with E-state index in [-0.39, 0.29) is 17.0 Å². The van der Waals surface area contributed by atoms with Gasteiger partial charge in [-0.1, -0.05) is 37.4 Å². The van der Waals surface area contributed by atoms with Gasteiger partial charge in [-0.2, -0.15) is 0 Å². The van der Waals surface area contributed by atoms with Crippen molar-refractivity contribution in [2.45, 2.75) is 32.2 Å². The maximum absolute atomic E-state index is 12.1. The van der Waals surface area contributed by atoms with Gasteiger partial charge in [-0.3, -0.25) is 14.9 Å². The summed E-state index contributed by atoms with van der Waals surface area (Å²) in [5.41, 5.74) is -0.786. The van der Waals surface area contributed by atoms with Gasteiger partial charge < -0.3 is 10.4 Å². The molecule has 1 aromatic carbocycles. The number of nitrogens with one attached hydrogen (secondary N) is 1. The van der Waals surface area contributed by atoms with E-state index < -0.39 is 28.5 Å². The average Bonchev–Trinajstić information content (AvgIpc) is 2.42. The van der Waals surface area contributed by atoms with Gasteiger partial charge in [-0.25, -0.2) is 4.79 Å². The molecule has 1 unspecified atom stereocenters. The molecule has 1 amide bonds. The van der Waals surface area contributed by atoms with E-state index in [1.807, 2.05) is 6.92 Å². The third kappa shape index (κ3) is 4.42. The van der Waals surface area contributed by atoms with Gasteiger partial charge >= 0.3 is 11.7 Å².